The molecule has 0 aromatic heterocycles. The molecule has 1 N–H and O–H groups in total. The van der Waals surface area contributed by atoms with Crippen LogP contribution in [0.2, 0.25) is 0 Å². The van der Waals surface area contributed by atoms with E-state index in [0.717, 1.165) is 5.56 Å². The zero-order chi connectivity index (χ0) is 14.7. The molecular weight excluding hydrogens is 248 g/mol. The lowest BCUT2D eigenvalue weighted by molar-refractivity contribution is -0.127. The van der Waals surface area contributed by atoms with Crippen LogP contribution in [-0.2, 0) is 14.2 Å². The summed E-state index contributed by atoms with van der Waals surface area (Å²) in [6, 6.07) is 6.94. The molecule has 0 aliphatic carbocycles. The van der Waals surface area contributed by atoms with Crippen molar-refractivity contribution in [2.75, 3.05) is 13.7 Å². The molecule has 0 unspecified atom stereocenters. The third-order valence-corrected chi connectivity index (χ3v) is 2.96. The fourth-order valence-corrected chi connectivity index (χ4v) is 1.85. The Hall–Kier alpha value is -1.43. The highest BCUT2D eigenvalue weighted by atomic mass is 16.7. The summed E-state index contributed by atoms with van der Waals surface area (Å²) in [5.41, 5.74) is 1.44. The van der Waals surface area contributed by atoms with Gasteiger partial charge in [-0.1, -0.05) is 17.7 Å². The Morgan fingerprint density at radius 1 is 1.53 bits per heavy atom. The summed E-state index contributed by atoms with van der Waals surface area (Å²) < 4.78 is 23.5. The predicted octanol–water partition coefficient (Wildman–Crippen LogP) is 1.27. The van der Waals surface area contributed by atoms with E-state index in [1.165, 1.54) is 7.11 Å². The maximum absolute atomic E-state index is 12.0. The van der Waals surface area contributed by atoms with E-state index in [1.54, 1.807) is 24.3 Å². The summed E-state index contributed by atoms with van der Waals surface area (Å²) in [6.07, 6.45) is -3.27. The van der Waals surface area contributed by atoms with Gasteiger partial charge in [0.25, 0.3) is 0 Å². The number of hydrogen-bond donors (Lipinski definition) is 1. The molecule has 0 amide bonds. The first kappa shape index (κ1) is 12.6. The predicted molar refractivity (Wildman–Crippen MR) is 67.8 cm³/mol. The zero-order valence-electron chi connectivity index (χ0n) is 11.9. The lowest BCUT2D eigenvalue weighted by atomic mass is 10.1. The van der Waals surface area contributed by atoms with Crippen LogP contribution in [0.3, 0.4) is 0 Å². The Labute approximate surface area is 113 Å². The van der Waals surface area contributed by atoms with Crippen molar-refractivity contribution in [1.82, 2.24) is 0 Å². The van der Waals surface area contributed by atoms with Gasteiger partial charge >= 0.3 is 5.97 Å². The molecule has 1 fully saturated rings. The smallest absolute Gasteiger partial charge is 0.338 e. The Morgan fingerprint density at radius 3 is 2.79 bits per heavy atom. The van der Waals surface area contributed by atoms with Crippen LogP contribution >= 0.6 is 0 Å². The van der Waals surface area contributed by atoms with Gasteiger partial charge in [-0.3, -0.25) is 0 Å². The number of benzene rings is 1. The van der Waals surface area contributed by atoms with Crippen LogP contribution in [0.1, 0.15) is 23.7 Å². The normalized spacial score (nSPS) is 31.0. The van der Waals surface area contributed by atoms with E-state index in [0.29, 0.717) is 5.56 Å². The molecule has 0 radical (unpaired) electrons. The largest absolute Gasteiger partial charge is 0.456 e. The van der Waals surface area contributed by atoms with Gasteiger partial charge in [-0.15, -0.1) is 0 Å². The van der Waals surface area contributed by atoms with Crippen molar-refractivity contribution in [1.29, 1.82) is 0 Å². The minimum Gasteiger partial charge on any atom is -0.456 e. The van der Waals surface area contributed by atoms with Gasteiger partial charge < -0.3 is 19.3 Å². The molecule has 1 heterocycles. The lowest BCUT2D eigenvalue weighted by Crippen LogP contribution is -2.30. The lowest BCUT2D eigenvalue weighted by Gasteiger charge is -2.16. The van der Waals surface area contributed by atoms with Crippen LogP contribution < -0.4 is 0 Å². The van der Waals surface area contributed by atoms with Gasteiger partial charge in [0.1, 0.15) is 12.2 Å². The number of rotatable bonds is 4. The zero-order valence-corrected chi connectivity index (χ0v) is 10.9. The second-order valence-electron chi connectivity index (χ2n) is 4.39. The number of carbonyl (C=O) groups is 1. The topological polar surface area (TPSA) is 65.0 Å². The van der Waals surface area contributed by atoms with Crippen LogP contribution in [0.5, 0.6) is 0 Å². The molecule has 5 heteroatoms. The van der Waals surface area contributed by atoms with E-state index in [2.05, 4.69) is 0 Å². The fourth-order valence-electron chi connectivity index (χ4n) is 1.85. The maximum atomic E-state index is 12.0. The molecule has 1 aliphatic rings. The monoisotopic (exact) mass is 267 g/mol. The summed E-state index contributed by atoms with van der Waals surface area (Å²) in [4.78, 5) is 12.0. The Morgan fingerprint density at radius 2 is 2.21 bits per heavy atom. The average molecular weight is 267 g/mol. The minimum absolute atomic E-state index is 0.332. The van der Waals surface area contributed by atoms with Gasteiger partial charge in [-0.05, 0) is 19.1 Å². The number of aryl methyl sites for hydroxylation is 1. The van der Waals surface area contributed by atoms with Crippen molar-refractivity contribution in [2.24, 2.45) is 0 Å². The Balaban J connectivity index is 2.07. The molecule has 1 aromatic carbocycles. The molecule has 2 rings (SSSR count). The molecule has 19 heavy (non-hydrogen) atoms. The van der Waals surface area contributed by atoms with Crippen molar-refractivity contribution < 1.29 is 25.5 Å². The molecule has 1 aromatic rings. The van der Waals surface area contributed by atoms with Crippen LogP contribution in [0.4, 0.5) is 0 Å². The number of hydrogen-bond acceptors (Lipinski definition) is 5. The summed E-state index contributed by atoms with van der Waals surface area (Å²) >= 11 is 0. The first-order valence-electron chi connectivity index (χ1n) is 6.63. The van der Waals surface area contributed by atoms with E-state index < -0.39 is 30.9 Å². The third-order valence-electron chi connectivity index (χ3n) is 2.96. The Kier molecular flexibility index (Phi) is 4.07. The van der Waals surface area contributed by atoms with Gasteiger partial charge in [0.15, 0.2) is 6.29 Å². The van der Waals surface area contributed by atoms with Crippen molar-refractivity contribution in [2.45, 2.75) is 31.8 Å². The van der Waals surface area contributed by atoms with Gasteiger partial charge in [0.05, 0.1) is 12.2 Å². The molecule has 0 saturated carbocycles. The molecule has 1 saturated heterocycles. The quantitative estimate of drug-likeness (QED) is 0.832. The van der Waals surface area contributed by atoms with E-state index >= 15 is 0 Å². The number of esters is 1. The molecule has 4 atom stereocenters. The molecular formula is C14H18O5. The van der Waals surface area contributed by atoms with E-state index in [-0.39, 0.29) is 6.61 Å². The molecule has 0 spiro atoms. The van der Waals surface area contributed by atoms with Gasteiger partial charge in [0, 0.05) is 14.9 Å². The summed E-state index contributed by atoms with van der Waals surface area (Å²) in [7, 11) is 1.41. The van der Waals surface area contributed by atoms with Crippen molar-refractivity contribution in [3.8, 4) is 0 Å². The first-order valence-corrected chi connectivity index (χ1v) is 6.06. The minimum atomic E-state index is -0.883. The molecule has 104 valence electrons. The van der Waals surface area contributed by atoms with E-state index in [9.17, 15) is 9.90 Å². The van der Waals surface area contributed by atoms with Crippen LogP contribution in [0, 0.1) is 6.92 Å². The number of methoxy groups -OCH3 is 1. The molecule has 5 nitrogen and oxygen atoms in total. The number of ether oxygens (including phenoxy) is 3. The number of carbonyl (C=O) groups excluding carboxylic acids is 1. The Bertz CT molecular complexity index is 459. The second kappa shape index (κ2) is 6.14. The average Bonchev–Trinajstić information content (AvgIpc) is 2.76. The number of aliphatic hydroxyl groups is 1. The molecule has 0 bridgehead atoms. The highest BCUT2D eigenvalue weighted by Gasteiger charge is 2.37. The van der Waals surface area contributed by atoms with E-state index in [1.807, 2.05) is 6.92 Å². The molecule has 1 aliphatic heterocycles. The summed E-state index contributed by atoms with van der Waals surface area (Å²) in [5.74, 6) is -0.536. The van der Waals surface area contributed by atoms with Gasteiger partial charge in [0.2, 0.25) is 0 Å². The second-order valence-corrected chi connectivity index (χ2v) is 4.39. The van der Waals surface area contributed by atoms with Crippen molar-refractivity contribution in [3.63, 3.8) is 0 Å². The third kappa shape index (κ3) is 3.32. The summed E-state index contributed by atoms with van der Waals surface area (Å²) in [6.45, 7) is 1.59. The standard InChI is InChI=1S/C14H18O5/c1-9-3-5-10(6-4-9)14(16)19-11-7-13(17-2)18-12(11)8-15/h3-6,11-13,15H,7-8H2,1-2H3/t11-,12+,13-/m0/s1/i7D/t7-,11-,12+,13-. The highest BCUT2D eigenvalue weighted by molar-refractivity contribution is 5.89. The summed E-state index contributed by atoms with van der Waals surface area (Å²) in [5, 5.41) is 9.23. The van der Waals surface area contributed by atoms with Crippen molar-refractivity contribution >= 4 is 5.97 Å². The fraction of sp³-hybridized carbons (Fsp3) is 0.500. The van der Waals surface area contributed by atoms with Gasteiger partial charge in [-0.25, -0.2) is 4.79 Å². The maximum Gasteiger partial charge on any atom is 0.338 e. The van der Waals surface area contributed by atoms with Crippen LogP contribution in [0.15, 0.2) is 24.3 Å². The van der Waals surface area contributed by atoms with E-state index in [4.69, 9.17) is 15.6 Å². The highest BCUT2D eigenvalue weighted by Crippen LogP contribution is 2.24. The van der Waals surface area contributed by atoms with Gasteiger partial charge in [-0.2, -0.15) is 0 Å². The number of aliphatic hydroxyl groups excluding tert-OH is 1. The SMILES string of the molecule is [2H][C@@H]1[C@@H](OC)O[C@H](CO)[C@H]1OC(=O)c1ccc(C)cc1. The first-order chi connectivity index (χ1) is 9.56. The van der Waals surface area contributed by atoms with Crippen molar-refractivity contribution in [3.05, 3.63) is 35.4 Å². The van der Waals surface area contributed by atoms with Crippen LogP contribution in [-0.4, -0.2) is 43.3 Å². The van der Waals surface area contributed by atoms with Crippen LogP contribution in [0.25, 0.3) is 0 Å².